The van der Waals surface area contributed by atoms with Crippen molar-refractivity contribution in [1.82, 2.24) is 14.8 Å². The minimum absolute atomic E-state index is 0.0134. The maximum atomic E-state index is 12.1. The molecule has 3 rings (SSSR count). The van der Waals surface area contributed by atoms with E-state index in [2.05, 4.69) is 26.6 Å². The molecule has 128 valence electrons. The van der Waals surface area contributed by atoms with E-state index in [9.17, 15) is 13.2 Å². The molecule has 23 heavy (non-hydrogen) atoms. The minimum atomic E-state index is -4.34. The molecule has 3 heterocycles. The van der Waals surface area contributed by atoms with Crippen LogP contribution in [-0.4, -0.2) is 59.8 Å². The predicted octanol–water partition coefficient (Wildman–Crippen LogP) is 2.69. The zero-order chi connectivity index (χ0) is 16.5. The highest BCUT2D eigenvalue weighted by atomic mass is 19.4. The molecule has 0 radical (unpaired) electrons. The number of aromatic nitrogens is 1. The van der Waals surface area contributed by atoms with Gasteiger partial charge in [-0.15, -0.1) is 0 Å². The summed E-state index contributed by atoms with van der Waals surface area (Å²) in [5, 5.41) is 0. The van der Waals surface area contributed by atoms with Crippen molar-refractivity contribution in [2.75, 3.05) is 33.3 Å². The van der Waals surface area contributed by atoms with Crippen LogP contribution in [0.25, 0.3) is 0 Å². The third kappa shape index (κ3) is 3.95. The molecular weight excluding hydrogens is 307 g/mol. The number of nitrogens with zero attached hydrogens (tertiary/aromatic N) is 3. The molecule has 4 nitrogen and oxygen atoms in total. The molecule has 1 unspecified atom stereocenters. The third-order valence-corrected chi connectivity index (χ3v) is 4.94. The Balaban J connectivity index is 1.53. The molecule has 2 aliphatic heterocycles. The van der Waals surface area contributed by atoms with Crippen molar-refractivity contribution < 1.29 is 17.9 Å². The van der Waals surface area contributed by atoms with Crippen molar-refractivity contribution >= 4 is 0 Å². The molecule has 0 aromatic carbocycles. The summed E-state index contributed by atoms with van der Waals surface area (Å²) >= 11 is 0. The van der Waals surface area contributed by atoms with Crippen LogP contribution in [-0.2, 0) is 6.54 Å². The van der Waals surface area contributed by atoms with Crippen molar-refractivity contribution in [2.24, 2.45) is 0 Å². The van der Waals surface area contributed by atoms with Gasteiger partial charge in [0.15, 0.2) is 6.61 Å². The first-order valence-corrected chi connectivity index (χ1v) is 7.94. The normalized spacial score (nSPS) is 26.3. The summed E-state index contributed by atoms with van der Waals surface area (Å²) in [6.45, 7) is 2.75. The number of alkyl halides is 3. The highest BCUT2D eigenvalue weighted by molar-refractivity contribution is 5.18. The Hall–Kier alpha value is -1.34. The van der Waals surface area contributed by atoms with Gasteiger partial charge in [-0.2, -0.15) is 13.2 Å². The fraction of sp³-hybridized carbons (Fsp3) is 0.688. The van der Waals surface area contributed by atoms with Crippen molar-refractivity contribution in [3.05, 3.63) is 23.9 Å². The molecule has 1 atom stereocenters. The van der Waals surface area contributed by atoms with Crippen LogP contribution in [0.5, 0.6) is 5.88 Å². The first-order valence-electron chi connectivity index (χ1n) is 7.94. The molecule has 2 saturated heterocycles. The molecule has 7 heteroatoms. The zero-order valence-electron chi connectivity index (χ0n) is 13.3. The molecule has 0 saturated carbocycles. The van der Waals surface area contributed by atoms with Gasteiger partial charge in [-0.25, -0.2) is 4.98 Å². The van der Waals surface area contributed by atoms with Crippen LogP contribution in [0.4, 0.5) is 13.2 Å². The van der Waals surface area contributed by atoms with Gasteiger partial charge in [0, 0.05) is 37.4 Å². The van der Waals surface area contributed by atoms with Crippen LogP contribution >= 0.6 is 0 Å². The summed E-state index contributed by atoms with van der Waals surface area (Å²) < 4.78 is 40.9. The van der Waals surface area contributed by atoms with Crippen LogP contribution in [0.3, 0.4) is 0 Å². The Morgan fingerprint density at radius 3 is 2.70 bits per heavy atom. The fourth-order valence-corrected chi connectivity index (χ4v) is 3.67. The van der Waals surface area contributed by atoms with E-state index in [0.717, 1.165) is 25.2 Å². The molecular formula is C16H22F3N3O. The lowest BCUT2D eigenvalue weighted by Gasteiger charge is -2.32. The summed E-state index contributed by atoms with van der Waals surface area (Å²) in [5.74, 6) is 0.0134. The van der Waals surface area contributed by atoms with Gasteiger partial charge < -0.3 is 4.74 Å². The van der Waals surface area contributed by atoms with E-state index in [1.54, 1.807) is 12.3 Å². The quantitative estimate of drug-likeness (QED) is 0.849. The SMILES string of the molecule is CN1CCCC12CCN(Cc1ccc(OCC(F)(F)F)nc1)C2. The van der Waals surface area contributed by atoms with Crippen LogP contribution in [0.2, 0.25) is 0 Å². The van der Waals surface area contributed by atoms with Gasteiger partial charge in [-0.05, 0) is 38.4 Å². The van der Waals surface area contributed by atoms with Crippen molar-refractivity contribution in [2.45, 2.75) is 37.5 Å². The number of pyridine rings is 1. The number of likely N-dealkylation sites (N-methyl/N-ethyl adjacent to an activating group) is 1. The van der Waals surface area contributed by atoms with Crippen LogP contribution in [0.1, 0.15) is 24.8 Å². The Labute approximate surface area is 134 Å². The molecule has 0 bridgehead atoms. The highest BCUT2D eigenvalue weighted by Gasteiger charge is 2.43. The maximum Gasteiger partial charge on any atom is 0.422 e. The van der Waals surface area contributed by atoms with Gasteiger partial charge in [0.1, 0.15) is 0 Å². The Morgan fingerprint density at radius 1 is 1.26 bits per heavy atom. The van der Waals surface area contributed by atoms with E-state index in [1.807, 2.05) is 0 Å². The second kappa shape index (κ2) is 6.28. The summed E-state index contributed by atoms with van der Waals surface area (Å²) in [6, 6.07) is 3.30. The highest BCUT2D eigenvalue weighted by Crippen LogP contribution is 2.36. The zero-order valence-corrected chi connectivity index (χ0v) is 13.3. The Bertz CT molecular complexity index is 534. The smallest absolute Gasteiger partial charge is 0.422 e. The van der Waals surface area contributed by atoms with Gasteiger partial charge >= 0.3 is 6.18 Å². The van der Waals surface area contributed by atoms with Gasteiger partial charge in [0.05, 0.1) is 0 Å². The van der Waals surface area contributed by atoms with Crippen molar-refractivity contribution in [3.8, 4) is 5.88 Å². The Morgan fingerprint density at radius 2 is 2.09 bits per heavy atom. The summed E-state index contributed by atoms with van der Waals surface area (Å²) in [7, 11) is 2.20. The van der Waals surface area contributed by atoms with Gasteiger partial charge in [0.2, 0.25) is 5.88 Å². The van der Waals surface area contributed by atoms with E-state index < -0.39 is 12.8 Å². The Kier molecular flexibility index (Phi) is 4.51. The molecule has 0 N–H and O–H groups in total. The maximum absolute atomic E-state index is 12.1. The standard InChI is InChI=1S/C16H22F3N3O/c1-21-7-2-5-15(21)6-8-22(11-15)10-13-3-4-14(20-9-13)23-12-16(17,18)19/h3-4,9H,2,5-8,10-12H2,1H3. The molecule has 1 aromatic heterocycles. The molecule has 2 fully saturated rings. The summed E-state index contributed by atoms with van der Waals surface area (Å²) in [6.07, 6.45) is 0.968. The molecule has 0 aliphatic carbocycles. The van der Waals surface area contributed by atoms with E-state index in [1.165, 1.54) is 31.9 Å². The lowest BCUT2D eigenvalue weighted by molar-refractivity contribution is -0.154. The summed E-state index contributed by atoms with van der Waals surface area (Å²) in [4.78, 5) is 8.84. The van der Waals surface area contributed by atoms with Crippen LogP contribution in [0, 0.1) is 0 Å². The van der Waals surface area contributed by atoms with Gasteiger partial charge in [-0.3, -0.25) is 9.80 Å². The van der Waals surface area contributed by atoms with E-state index in [0.29, 0.717) is 5.54 Å². The molecule has 1 spiro atoms. The average Bonchev–Trinajstić information content (AvgIpc) is 3.05. The van der Waals surface area contributed by atoms with Gasteiger partial charge in [0.25, 0.3) is 0 Å². The predicted molar refractivity (Wildman–Crippen MR) is 80.3 cm³/mol. The van der Waals surface area contributed by atoms with Crippen LogP contribution in [0.15, 0.2) is 18.3 Å². The number of rotatable bonds is 4. The lowest BCUT2D eigenvalue weighted by atomic mass is 9.96. The molecule has 2 aliphatic rings. The number of likely N-dealkylation sites (tertiary alicyclic amines) is 2. The molecule has 0 amide bonds. The first kappa shape index (κ1) is 16.5. The number of ether oxygens (including phenoxy) is 1. The average molecular weight is 329 g/mol. The first-order chi connectivity index (χ1) is 10.9. The number of halogens is 3. The second-order valence-electron chi connectivity index (χ2n) is 6.62. The second-order valence-corrected chi connectivity index (χ2v) is 6.62. The van der Waals surface area contributed by atoms with Gasteiger partial charge in [-0.1, -0.05) is 6.07 Å². The minimum Gasteiger partial charge on any atom is -0.468 e. The van der Waals surface area contributed by atoms with Crippen LogP contribution < -0.4 is 4.74 Å². The number of hydrogen-bond acceptors (Lipinski definition) is 4. The molecule has 1 aromatic rings. The monoisotopic (exact) mass is 329 g/mol. The third-order valence-electron chi connectivity index (χ3n) is 4.94. The van der Waals surface area contributed by atoms with Crippen molar-refractivity contribution in [1.29, 1.82) is 0 Å². The van der Waals surface area contributed by atoms with Crippen molar-refractivity contribution in [3.63, 3.8) is 0 Å². The number of hydrogen-bond donors (Lipinski definition) is 0. The fourth-order valence-electron chi connectivity index (χ4n) is 3.67. The van der Waals surface area contributed by atoms with E-state index >= 15 is 0 Å². The largest absolute Gasteiger partial charge is 0.468 e. The van der Waals surface area contributed by atoms with E-state index in [4.69, 9.17) is 0 Å². The summed E-state index contributed by atoms with van der Waals surface area (Å²) in [5.41, 5.74) is 1.32. The topological polar surface area (TPSA) is 28.6 Å². The lowest BCUT2D eigenvalue weighted by Crippen LogP contribution is -2.43. The van der Waals surface area contributed by atoms with E-state index in [-0.39, 0.29) is 5.88 Å².